The van der Waals surface area contributed by atoms with Gasteiger partial charge in [0.2, 0.25) is 0 Å². The molecule has 0 heterocycles. The summed E-state index contributed by atoms with van der Waals surface area (Å²) in [5, 5.41) is 12.8. The molecule has 1 saturated carbocycles. The zero-order valence-corrected chi connectivity index (χ0v) is 10.3. The minimum absolute atomic E-state index is 0.221. The van der Waals surface area contributed by atoms with Gasteiger partial charge in [0.05, 0.1) is 6.07 Å². The zero-order chi connectivity index (χ0) is 11.3. The summed E-state index contributed by atoms with van der Waals surface area (Å²) in [5.41, 5.74) is -0.221. The summed E-state index contributed by atoms with van der Waals surface area (Å²) in [6, 6.07) is 2.98. The average molecular weight is 208 g/mol. The molecule has 2 nitrogen and oxygen atoms in total. The number of rotatable bonds is 4. The summed E-state index contributed by atoms with van der Waals surface area (Å²) in [6.45, 7) is 6.59. The third-order valence-corrected chi connectivity index (χ3v) is 3.89. The van der Waals surface area contributed by atoms with E-state index in [0.717, 1.165) is 25.2 Å². The normalized spacial score (nSPS) is 33.3. The highest BCUT2D eigenvalue weighted by Crippen LogP contribution is 2.33. The van der Waals surface area contributed by atoms with Crippen molar-refractivity contribution in [1.29, 1.82) is 5.26 Å². The van der Waals surface area contributed by atoms with Crippen molar-refractivity contribution in [3.8, 4) is 6.07 Å². The van der Waals surface area contributed by atoms with Gasteiger partial charge in [0, 0.05) is 6.04 Å². The summed E-state index contributed by atoms with van der Waals surface area (Å²) >= 11 is 0. The standard InChI is InChI=1S/C13H24N2/c1-4-11(3)15-13(10-14)8-6-12(5-2)7-9-13/h11-12,15H,4-9H2,1-3H3. The molecule has 0 radical (unpaired) electrons. The van der Waals surface area contributed by atoms with E-state index in [1.807, 2.05) is 0 Å². The van der Waals surface area contributed by atoms with E-state index in [1.54, 1.807) is 0 Å². The molecule has 86 valence electrons. The Morgan fingerprint density at radius 2 is 2.00 bits per heavy atom. The number of nitriles is 1. The third kappa shape index (κ3) is 3.21. The van der Waals surface area contributed by atoms with Crippen LogP contribution >= 0.6 is 0 Å². The highest BCUT2D eigenvalue weighted by Gasteiger charge is 2.35. The van der Waals surface area contributed by atoms with Crippen molar-refractivity contribution in [2.45, 2.75) is 70.9 Å². The number of hydrogen-bond acceptors (Lipinski definition) is 2. The van der Waals surface area contributed by atoms with Crippen LogP contribution < -0.4 is 5.32 Å². The second-order valence-corrected chi connectivity index (χ2v) is 5.00. The van der Waals surface area contributed by atoms with Crippen LogP contribution in [-0.4, -0.2) is 11.6 Å². The highest BCUT2D eigenvalue weighted by molar-refractivity contribution is 5.09. The van der Waals surface area contributed by atoms with Gasteiger partial charge in [-0.05, 0) is 44.9 Å². The van der Waals surface area contributed by atoms with Gasteiger partial charge in [0.25, 0.3) is 0 Å². The summed E-state index contributed by atoms with van der Waals surface area (Å²) < 4.78 is 0. The van der Waals surface area contributed by atoms with E-state index >= 15 is 0 Å². The second-order valence-electron chi connectivity index (χ2n) is 5.00. The molecular weight excluding hydrogens is 184 g/mol. The fourth-order valence-corrected chi connectivity index (χ4v) is 2.44. The predicted molar refractivity (Wildman–Crippen MR) is 63.5 cm³/mol. The zero-order valence-electron chi connectivity index (χ0n) is 10.3. The van der Waals surface area contributed by atoms with E-state index in [1.165, 1.54) is 19.3 Å². The van der Waals surface area contributed by atoms with Gasteiger partial charge in [-0.1, -0.05) is 20.3 Å². The molecular formula is C13H24N2. The molecule has 15 heavy (non-hydrogen) atoms. The summed E-state index contributed by atoms with van der Waals surface area (Å²) in [5.74, 6) is 0.852. The van der Waals surface area contributed by atoms with E-state index < -0.39 is 0 Å². The molecule has 0 amide bonds. The van der Waals surface area contributed by atoms with Gasteiger partial charge in [0.1, 0.15) is 5.54 Å². The molecule has 0 saturated heterocycles. The van der Waals surface area contributed by atoms with Crippen molar-refractivity contribution >= 4 is 0 Å². The Bertz CT molecular complexity index is 221. The minimum atomic E-state index is -0.221. The maximum absolute atomic E-state index is 9.33. The molecule has 0 aromatic carbocycles. The Morgan fingerprint density at radius 3 is 2.40 bits per heavy atom. The minimum Gasteiger partial charge on any atom is -0.297 e. The van der Waals surface area contributed by atoms with Crippen LogP contribution in [0.15, 0.2) is 0 Å². The lowest BCUT2D eigenvalue weighted by Gasteiger charge is -2.37. The van der Waals surface area contributed by atoms with Crippen LogP contribution in [0.2, 0.25) is 0 Å². The van der Waals surface area contributed by atoms with E-state index in [4.69, 9.17) is 0 Å². The van der Waals surface area contributed by atoms with Crippen LogP contribution in [0.3, 0.4) is 0 Å². The van der Waals surface area contributed by atoms with Gasteiger partial charge in [0.15, 0.2) is 0 Å². The van der Waals surface area contributed by atoms with Crippen LogP contribution in [0, 0.1) is 17.2 Å². The fourth-order valence-electron chi connectivity index (χ4n) is 2.44. The van der Waals surface area contributed by atoms with Crippen molar-refractivity contribution in [3.63, 3.8) is 0 Å². The number of nitrogens with one attached hydrogen (secondary N) is 1. The lowest BCUT2D eigenvalue weighted by atomic mass is 9.76. The van der Waals surface area contributed by atoms with Crippen molar-refractivity contribution < 1.29 is 0 Å². The van der Waals surface area contributed by atoms with E-state index in [9.17, 15) is 5.26 Å². The Hall–Kier alpha value is -0.550. The van der Waals surface area contributed by atoms with Crippen LogP contribution in [0.4, 0.5) is 0 Å². The quantitative estimate of drug-likeness (QED) is 0.770. The summed E-state index contributed by atoms with van der Waals surface area (Å²) in [7, 11) is 0. The highest BCUT2D eigenvalue weighted by atomic mass is 15.0. The lowest BCUT2D eigenvalue weighted by Crippen LogP contribution is -2.50. The molecule has 0 aliphatic heterocycles. The summed E-state index contributed by atoms with van der Waals surface area (Å²) in [6.07, 6.45) is 6.87. The van der Waals surface area contributed by atoms with Crippen molar-refractivity contribution in [2.24, 2.45) is 5.92 Å². The van der Waals surface area contributed by atoms with Crippen LogP contribution in [0.1, 0.15) is 59.3 Å². The Morgan fingerprint density at radius 1 is 1.40 bits per heavy atom. The number of hydrogen-bond donors (Lipinski definition) is 1. The molecule has 1 N–H and O–H groups in total. The largest absolute Gasteiger partial charge is 0.297 e. The molecule has 0 bridgehead atoms. The molecule has 1 aliphatic rings. The topological polar surface area (TPSA) is 35.8 Å². The lowest BCUT2D eigenvalue weighted by molar-refractivity contribution is 0.218. The van der Waals surface area contributed by atoms with Crippen LogP contribution in [-0.2, 0) is 0 Å². The monoisotopic (exact) mass is 208 g/mol. The summed E-state index contributed by atoms with van der Waals surface area (Å²) in [4.78, 5) is 0. The van der Waals surface area contributed by atoms with Crippen molar-refractivity contribution in [3.05, 3.63) is 0 Å². The van der Waals surface area contributed by atoms with Gasteiger partial charge in [-0.25, -0.2) is 0 Å². The van der Waals surface area contributed by atoms with Gasteiger partial charge in [-0.3, -0.25) is 5.32 Å². The third-order valence-electron chi connectivity index (χ3n) is 3.89. The molecule has 0 aromatic heterocycles. The Kier molecular flexibility index (Phi) is 4.60. The molecule has 2 heteroatoms. The van der Waals surface area contributed by atoms with E-state index in [-0.39, 0.29) is 5.54 Å². The molecule has 1 unspecified atom stereocenters. The Balaban J connectivity index is 2.53. The van der Waals surface area contributed by atoms with Gasteiger partial charge in [-0.15, -0.1) is 0 Å². The molecule has 0 aromatic rings. The first kappa shape index (κ1) is 12.5. The fraction of sp³-hybridized carbons (Fsp3) is 0.923. The first-order chi connectivity index (χ1) is 7.15. The van der Waals surface area contributed by atoms with Gasteiger partial charge in [-0.2, -0.15) is 5.26 Å². The van der Waals surface area contributed by atoms with E-state index in [2.05, 4.69) is 32.2 Å². The molecule has 1 rings (SSSR count). The van der Waals surface area contributed by atoms with Gasteiger partial charge >= 0.3 is 0 Å². The van der Waals surface area contributed by atoms with Crippen LogP contribution in [0.25, 0.3) is 0 Å². The molecule has 1 aliphatic carbocycles. The van der Waals surface area contributed by atoms with Crippen LogP contribution in [0.5, 0.6) is 0 Å². The molecule has 0 spiro atoms. The molecule has 1 fully saturated rings. The maximum Gasteiger partial charge on any atom is 0.106 e. The maximum atomic E-state index is 9.33. The first-order valence-corrected chi connectivity index (χ1v) is 6.34. The van der Waals surface area contributed by atoms with Crippen molar-refractivity contribution in [1.82, 2.24) is 5.32 Å². The number of nitrogens with zero attached hydrogens (tertiary/aromatic N) is 1. The van der Waals surface area contributed by atoms with Gasteiger partial charge < -0.3 is 0 Å². The first-order valence-electron chi connectivity index (χ1n) is 6.34. The van der Waals surface area contributed by atoms with E-state index in [0.29, 0.717) is 6.04 Å². The predicted octanol–water partition coefficient (Wildman–Crippen LogP) is 3.24. The van der Waals surface area contributed by atoms with Crippen molar-refractivity contribution in [2.75, 3.05) is 0 Å². The SMILES string of the molecule is CCC1CCC(C#N)(NC(C)CC)CC1. The molecule has 1 atom stereocenters. The second kappa shape index (κ2) is 5.51. The smallest absolute Gasteiger partial charge is 0.106 e. The Labute approximate surface area is 94.1 Å². The average Bonchev–Trinajstić information content (AvgIpc) is 2.30.